The quantitative estimate of drug-likeness (QED) is 0.342. The lowest BCUT2D eigenvalue weighted by molar-refractivity contribution is 0.312. The highest BCUT2D eigenvalue weighted by molar-refractivity contribution is 7.19. The van der Waals surface area contributed by atoms with E-state index in [4.69, 9.17) is 21.1 Å². The maximum Gasteiger partial charge on any atom is 0.243 e. The van der Waals surface area contributed by atoms with Crippen LogP contribution in [-0.4, -0.2) is 60.2 Å². The maximum atomic E-state index is 6.33. The third-order valence-corrected chi connectivity index (χ3v) is 7.07. The van der Waals surface area contributed by atoms with Gasteiger partial charge < -0.3 is 24.6 Å². The van der Waals surface area contributed by atoms with Gasteiger partial charge in [0.1, 0.15) is 21.5 Å². The monoisotopic (exact) mass is 508 g/mol. The van der Waals surface area contributed by atoms with E-state index in [2.05, 4.69) is 49.8 Å². The van der Waals surface area contributed by atoms with E-state index in [0.717, 1.165) is 52.8 Å². The number of hydrogen-bond donors (Lipinski definition) is 1. The molecule has 1 aliphatic heterocycles. The van der Waals surface area contributed by atoms with Crippen LogP contribution in [0.4, 0.5) is 17.3 Å². The number of nitrogens with zero attached hydrogens (tertiary/aromatic N) is 5. The number of aromatic nitrogens is 3. The Kier molecular flexibility index (Phi) is 6.72. The molecule has 3 heterocycles. The number of hydrogen-bond acceptors (Lipinski definition) is 9. The van der Waals surface area contributed by atoms with Gasteiger partial charge in [0.15, 0.2) is 0 Å². The van der Waals surface area contributed by atoms with Crippen LogP contribution >= 0.6 is 22.9 Å². The van der Waals surface area contributed by atoms with Gasteiger partial charge in [-0.25, -0.2) is 9.97 Å². The minimum atomic E-state index is 0.246. The maximum absolute atomic E-state index is 6.33. The Morgan fingerprint density at radius 2 is 1.94 bits per heavy atom. The summed E-state index contributed by atoms with van der Waals surface area (Å²) in [6.07, 6.45) is 3.24. The fraction of sp³-hybridized carbons (Fsp3) is 0.240. The van der Waals surface area contributed by atoms with Crippen molar-refractivity contribution in [2.24, 2.45) is 0 Å². The SMILES string of the molecule is C=Cc1nc2cc(Oc3nc(Nc4ccc(N5CCN(C)CC5)cc4OC)ncc3Cl)ccc2s1. The standard InChI is InChI=1S/C25H25ClN6O2S/c1-4-23-28-20-14-17(6-8-22(20)35-23)34-24-18(26)15-27-25(30-24)29-19-7-5-16(13-21(19)33-3)32-11-9-31(2)10-12-32/h4-8,13-15H,1,9-12H2,2-3H3,(H,27,29,30). The van der Waals surface area contributed by atoms with E-state index in [9.17, 15) is 0 Å². The van der Waals surface area contributed by atoms with Crippen molar-refractivity contribution in [3.63, 3.8) is 0 Å². The number of benzene rings is 2. The number of nitrogens with one attached hydrogen (secondary N) is 1. The molecule has 10 heteroatoms. The molecule has 0 atom stereocenters. The molecule has 0 radical (unpaired) electrons. The summed E-state index contributed by atoms with van der Waals surface area (Å²) in [5.74, 6) is 1.88. The molecule has 4 aromatic rings. The van der Waals surface area contributed by atoms with Gasteiger partial charge in [0.2, 0.25) is 11.8 Å². The summed E-state index contributed by atoms with van der Waals surface area (Å²) in [7, 11) is 3.79. The Morgan fingerprint density at radius 3 is 2.71 bits per heavy atom. The van der Waals surface area contributed by atoms with Gasteiger partial charge in [-0.05, 0) is 37.4 Å². The third kappa shape index (κ3) is 5.17. The summed E-state index contributed by atoms with van der Waals surface area (Å²) in [6, 6.07) is 11.7. The second-order valence-electron chi connectivity index (χ2n) is 8.13. The molecule has 0 spiro atoms. The average molecular weight is 509 g/mol. The molecule has 1 fully saturated rings. The van der Waals surface area contributed by atoms with Crippen molar-refractivity contribution in [2.75, 3.05) is 50.6 Å². The van der Waals surface area contributed by atoms with Crippen LogP contribution in [0, 0.1) is 0 Å². The van der Waals surface area contributed by atoms with Gasteiger partial charge in [-0.1, -0.05) is 18.2 Å². The Bertz CT molecular complexity index is 1370. The van der Waals surface area contributed by atoms with Gasteiger partial charge in [-0.15, -0.1) is 11.3 Å². The van der Waals surface area contributed by atoms with Gasteiger partial charge in [-0.3, -0.25) is 0 Å². The van der Waals surface area contributed by atoms with E-state index in [1.165, 1.54) is 6.20 Å². The molecule has 35 heavy (non-hydrogen) atoms. The van der Waals surface area contributed by atoms with Crippen LogP contribution in [0.25, 0.3) is 16.3 Å². The van der Waals surface area contributed by atoms with Crippen LogP contribution in [0.2, 0.25) is 5.02 Å². The Balaban J connectivity index is 1.35. The van der Waals surface area contributed by atoms with Gasteiger partial charge in [0, 0.05) is 44.0 Å². The number of rotatable bonds is 7. The van der Waals surface area contributed by atoms with Crippen LogP contribution in [0.3, 0.4) is 0 Å². The predicted molar refractivity (Wildman–Crippen MR) is 143 cm³/mol. The largest absolute Gasteiger partial charge is 0.494 e. The van der Waals surface area contributed by atoms with E-state index < -0.39 is 0 Å². The molecule has 0 saturated carbocycles. The first-order valence-electron chi connectivity index (χ1n) is 11.1. The molecule has 2 aromatic heterocycles. The fourth-order valence-electron chi connectivity index (χ4n) is 3.84. The summed E-state index contributed by atoms with van der Waals surface area (Å²) < 4.78 is 12.7. The van der Waals surface area contributed by atoms with E-state index >= 15 is 0 Å². The van der Waals surface area contributed by atoms with Crippen molar-refractivity contribution in [2.45, 2.75) is 0 Å². The summed E-state index contributed by atoms with van der Waals surface area (Å²) in [6.45, 7) is 7.81. The lowest BCUT2D eigenvalue weighted by Gasteiger charge is -2.34. The average Bonchev–Trinajstić information content (AvgIpc) is 3.29. The van der Waals surface area contributed by atoms with Crippen LogP contribution in [0.1, 0.15) is 5.01 Å². The third-order valence-electron chi connectivity index (χ3n) is 5.78. The minimum Gasteiger partial charge on any atom is -0.494 e. The summed E-state index contributed by atoms with van der Waals surface area (Å²) in [5.41, 5.74) is 2.70. The first-order valence-corrected chi connectivity index (χ1v) is 12.3. The number of ether oxygens (including phenoxy) is 2. The lowest BCUT2D eigenvalue weighted by atomic mass is 10.2. The molecule has 8 nitrogen and oxygen atoms in total. The molecule has 0 bridgehead atoms. The topological polar surface area (TPSA) is 75.6 Å². The van der Waals surface area contributed by atoms with Gasteiger partial charge in [0.05, 0.1) is 29.2 Å². The number of fused-ring (bicyclic) bond motifs is 1. The van der Waals surface area contributed by atoms with Crippen molar-refractivity contribution >= 4 is 56.6 Å². The molecule has 2 aromatic carbocycles. The summed E-state index contributed by atoms with van der Waals surface area (Å²) in [4.78, 5) is 18.0. The second-order valence-corrected chi connectivity index (χ2v) is 9.60. The van der Waals surface area contributed by atoms with Crippen LogP contribution in [0.5, 0.6) is 17.4 Å². The predicted octanol–water partition coefficient (Wildman–Crippen LogP) is 5.68. The molecule has 5 rings (SSSR count). The van der Waals surface area contributed by atoms with Crippen molar-refractivity contribution in [1.82, 2.24) is 19.9 Å². The van der Waals surface area contributed by atoms with Crippen molar-refractivity contribution < 1.29 is 9.47 Å². The molecule has 1 N–H and O–H groups in total. The zero-order valence-corrected chi connectivity index (χ0v) is 21.1. The van der Waals surface area contributed by atoms with Crippen LogP contribution < -0.4 is 19.7 Å². The van der Waals surface area contributed by atoms with E-state index in [0.29, 0.717) is 22.5 Å². The highest BCUT2D eigenvalue weighted by Gasteiger charge is 2.17. The highest BCUT2D eigenvalue weighted by atomic mass is 35.5. The molecule has 0 unspecified atom stereocenters. The Hall–Kier alpha value is -3.40. The highest BCUT2D eigenvalue weighted by Crippen LogP contribution is 2.34. The first-order chi connectivity index (χ1) is 17.0. The number of piperazine rings is 1. The van der Waals surface area contributed by atoms with Gasteiger partial charge >= 0.3 is 0 Å². The molecule has 1 saturated heterocycles. The zero-order valence-electron chi connectivity index (χ0n) is 19.5. The Morgan fingerprint density at radius 1 is 1.11 bits per heavy atom. The molecule has 0 aliphatic carbocycles. The summed E-state index contributed by atoms with van der Waals surface area (Å²) in [5, 5.41) is 4.38. The minimum absolute atomic E-state index is 0.246. The van der Waals surface area contributed by atoms with Crippen LogP contribution in [-0.2, 0) is 0 Å². The van der Waals surface area contributed by atoms with Crippen molar-refractivity contribution in [3.8, 4) is 17.4 Å². The van der Waals surface area contributed by atoms with Gasteiger partial charge in [0.25, 0.3) is 0 Å². The lowest BCUT2D eigenvalue weighted by Crippen LogP contribution is -2.44. The number of likely N-dealkylation sites (N-methyl/N-ethyl adjacent to an activating group) is 1. The number of anilines is 3. The fourth-order valence-corrected chi connectivity index (χ4v) is 4.76. The van der Waals surface area contributed by atoms with Gasteiger partial charge in [-0.2, -0.15) is 4.98 Å². The smallest absolute Gasteiger partial charge is 0.243 e. The molecule has 180 valence electrons. The molecule has 0 amide bonds. The van der Waals surface area contributed by atoms with E-state index in [1.807, 2.05) is 30.3 Å². The Labute approximate surface area is 212 Å². The normalized spacial score (nSPS) is 14.2. The van der Waals surface area contributed by atoms with Crippen molar-refractivity contribution in [1.29, 1.82) is 0 Å². The summed E-state index contributed by atoms with van der Waals surface area (Å²) >= 11 is 7.90. The number of halogens is 1. The number of thiazole rings is 1. The number of methoxy groups -OCH3 is 1. The van der Waals surface area contributed by atoms with Crippen molar-refractivity contribution in [3.05, 3.63) is 59.2 Å². The molecular formula is C25H25ClN6O2S. The first kappa shape index (κ1) is 23.3. The van der Waals surface area contributed by atoms with Crippen LogP contribution in [0.15, 0.2) is 49.2 Å². The molecule has 1 aliphatic rings. The van der Waals surface area contributed by atoms with E-state index in [1.54, 1.807) is 24.5 Å². The van der Waals surface area contributed by atoms with E-state index in [-0.39, 0.29) is 5.88 Å². The second kappa shape index (κ2) is 10.1. The zero-order chi connectivity index (χ0) is 24.4. The molecular weight excluding hydrogens is 484 g/mol.